The van der Waals surface area contributed by atoms with E-state index in [4.69, 9.17) is 5.73 Å². The summed E-state index contributed by atoms with van der Waals surface area (Å²) in [5.74, 6) is 0.576. The zero-order valence-corrected chi connectivity index (χ0v) is 9.06. The number of nitrogens with zero attached hydrogens (tertiary/aromatic N) is 1. The SMILES string of the molecule is CCc1nsc2c1C(=O)CC(CN)C2. The highest BCUT2D eigenvalue weighted by Crippen LogP contribution is 2.30. The summed E-state index contributed by atoms with van der Waals surface area (Å²) in [6, 6.07) is 0. The first-order valence-corrected chi connectivity index (χ1v) is 5.74. The third-order valence-electron chi connectivity index (χ3n) is 2.73. The van der Waals surface area contributed by atoms with Crippen LogP contribution >= 0.6 is 11.5 Å². The number of ketones is 1. The van der Waals surface area contributed by atoms with Crippen LogP contribution < -0.4 is 5.73 Å². The van der Waals surface area contributed by atoms with Gasteiger partial charge in [0.1, 0.15) is 0 Å². The normalized spacial score (nSPS) is 21.0. The van der Waals surface area contributed by atoms with Crippen molar-refractivity contribution in [3.63, 3.8) is 0 Å². The first kappa shape index (κ1) is 9.80. The van der Waals surface area contributed by atoms with Crippen LogP contribution in [0.5, 0.6) is 0 Å². The van der Waals surface area contributed by atoms with E-state index in [1.165, 1.54) is 11.5 Å². The van der Waals surface area contributed by atoms with E-state index >= 15 is 0 Å². The molecule has 0 bridgehead atoms. The van der Waals surface area contributed by atoms with E-state index in [1.54, 1.807) is 0 Å². The number of rotatable bonds is 2. The number of hydrogen-bond acceptors (Lipinski definition) is 4. The molecule has 1 unspecified atom stereocenters. The van der Waals surface area contributed by atoms with Crippen molar-refractivity contribution < 1.29 is 4.79 Å². The van der Waals surface area contributed by atoms with Crippen LogP contribution in [0, 0.1) is 5.92 Å². The van der Waals surface area contributed by atoms with Crippen LogP contribution in [0.1, 0.15) is 34.3 Å². The van der Waals surface area contributed by atoms with Crippen molar-refractivity contribution in [2.24, 2.45) is 11.7 Å². The van der Waals surface area contributed by atoms with Crippen LogP contribution in [0.3, 0.4) is 0 Å². The molecule has 0 radical (unpaired) electrons. The van der Waals surface area contributed by atoms with Crippen molar-refractivity contribution in [3.05, 3.63) is 16.1 Å². The lowest BCUT2D eigenvalue weighted by molar-refractivity contribution is 0.0951. The molecule has 0 saturated heterocycles. The lowest BCUT2D eigenvalue weighted by atomic mass is 9.87. The lowest BCUT2D eigenvalue weighted by Crippen LogP contribution is -2.25. The maximum Gasteiger partial charge on any atom is 0.166 e. The van der Waals surface area contributed by atoms with Gasteiger partial charge in [0.15, 0.2) is 5.78 Å². The molecule has 1 aliphatic carbocycles. The summed E-state index contributed by atoms with van der Waals surface area (Å²) >= 11 is 1.47. The van der Waals surface area contributed by atoms with Gasteiger partial charge in [-0.15, -0.1) is 0 Å². The molecule has 1 aromatic heterocycles. The second-order valence-electron chi connectivity index (χ2n) is 3.71. The largest absolute Gasteiger partial charge is 0.330 e. The predicted octanol–water partition coefficient (Wildman–Crippen LogP) is 1.41. The van der Waals surface area contributed by atoms with Crippen LogP contribution in [0.4, 0.5) is 0 Å². The minimum Gasteiger partial charge on any atom is -0.330 e. The molecule has 3 nitrogen and oxygen atoms in total. The highest BCUT2D eigenvalue weighted by Gasteiger charge is 2.28. The number of carbonyl (C=O) groups is 1. The van der Waals surface area contributed by atoms with Crippen molar-refractivity contribution >= 4 is 17.3 Å². The number of fused-ring (bicyclic) bond motifs is 1. The standard InChI is InChI=1S/C10H14N2OS/c1-2-7-10-8(13)3-6(5-11)4-9(10)14-12-7/h6H,2-5,11H2,1H3. The summed E-state index contributed by atoms with van der Waals surface area (Å²) in [7, 11) is 0. The average molecular weight is 210 g/mol. The molecule has 1 aromatic rings. The molecular formula is C10H14N2OS. The highest BCUT2D eigenvalue weighted by atomic mass is 32.1. The number of hydrogen-bond donors (Lipinski definition) is 1. The molecule has 0 aliphatic heterocycles. The Morgan fingerprint density at radius 1 is 1.57 bits per heavy atom. The van der Waals surface area contributed by atoms with E-state index in [0.29, 0.717) is 18.9 Å². The Bertz CT molecular complexity index is 359. The van der Waals surface area contributed by atoms with Crippen LogP contribution in [0.2, 0.25) is 0 Å². The molecule has 2 rings (SSSR count). The smallest absolute Gasteiger partial charge is 0.166 e. The predicted molar refractivity (Wildman–Crippen MR) is 56.7 cm³/mol. The van der Waals surface area contributed by atoms with Crippen molar-refractivity contribution in [2.75, 3.05) is 6.54 Å². The maximum absolute atomic E-state index is 11.8. The molecule has 0 saturated carbocycles. The molecule has 0 fully saturated rings. The minimum absolute atomic E-state index is 0.243. The van der Waals surface area contributed by atoms with Gasteiger partial charge < -0.3 is 5.73 Å². The third kappa shape index (κ3) is 1.48. The van der Waals surface area contributed by atoms with Crippen LogP contribution in [-0.2, 0) is 12.8 Å². The highest BCUT2D eigenvalue weighted by molar-refractivity contribution is 7.06. The fraction of sp³-hybridized carbons (Fsp3) is 0.600. The Morgan fingerprint density at radius 2 is 2.36 bits per heavy atom. The van der Waals surface area contributed by atoms with Gasteiger partial charge >= 0.3 is 0 Å². The first-order chi connectivity index (χ1) is 6.76. The molecule has 1 atom stereocenters. The molecule has 0 amide bonds. The molecule has 1 aliphatic rings. The zero-order valence-electron chi connectivity index (χ0n) is 8.25. The van der Waals surface area contributed by atoms with Crippen LogP contribution in [0.25, 0.3) is 0 Å². The van der Waals surface area contributed by atoms with Gasteiger partial charge in [-0.3, -0.25) is 4.79 Å². The third-order valence-corrected chi connectivity index (χ3v) is 3.63. The number of carbonyl (C=O) groups excluding carboxylic acids is 1. The van der Waals surface area contributed by atoms with Crippen molar-refractivity contribution in [1.82, 2.24) is 4.37 Å². The Morgan fingerprint density at radius 3 is 3.00 bits per heavy atom. The van der Waals surface area contributed by atoms with Gasteiger partial charge in [-0.05, 0) is 36.8 Å². The second-order valence-corrected chi connectivity index (χ2v) is 4.57. The summed E-state index contributed by atoms with van der Waals surface area (Å²) in [5, 5.41) is 0. The monoisotopic (exact) mass is 210 g/mol. The molecular weight excluding hydrogens is 196 g/mol. The number of aromatic nitrogens is 1. The fourth-order valence-electron chi connectivity index (χ4n) is 1.92. The summed E-state index contributed by atoms with van der Waals surface area (Å²) < 4.78 is 4.32. The maximum atomic E-state index is 11.8. The number of Topliss-reactive ketones (excluding diaryl/α,β-unsaturated/α-hetero) is 1. The topological polar surface area (TPSA) is 56.0 Å². The molecule has 4 heteroatoms. The van der Waals surface area contributed by atoms with Crippen molar-refractivity contribution in [3.8, 4) is 0 Å². The fourth-order valence-corrected chi connectivity index (χ4v) is 3.00. The minimum atomic E-state index is 0.243. The molecule has 1 heterocycles. The summed E-state index contributed by atoms with van der Waals surface area (Å²) in [5.41, 5.74) is 7.48. The molecule has 0 aromatic carbocycles. The van der Waals surface area contributed by atoms with Crippen molar-refractivity contribution in [1.29, 1.82) is 0 Å². The quantitative estimate of drug-likeness (QED) is 0.803. The van der Waals surface area contributed by atoms with E-state index in [0.717, 1.165) is 29.0 Å². The van der Waals surface area contributed by atoms with Gasteiger partial charge in [0.2, 0.25) is 0 Å². The van der Waals surface area contributed by atoms with E-state index in [2.05, 4.69) is 4.37 Å². The van der Waals surface area contributed by atoms with E-state index in [9.17, 15) is 4.79 Å². The van der Waals surface area contributed by atoms with Gasteiger partial charge in [0, 0.05) is 11.3 Å². The summed E-state index contributed by atoms with van der Waals surface area (Å²) in [6.45, 7) is 2.64. The van der Waals surface area contributed by atoms with Gasteiger partial charge in [-0.1, -0.05) is 6.92 Å². The summed E-state index contributed by atoms with van der Waals surface area (Å²) in [4.78, 5) is 13.0. The molecule has 2 N–H and O–H groups in total. The summed E-state index contributed by atoms with van der Waals surface area (Å²) in [6.07, 6.45) is 2.40. The Kier molecular flexibility index (Phi) is 2.65. The number of aryl methyl sites for hydroxylation is 1. The molecule has 14 heavy (non-hydrogen) atoms. The van der Waals surface area contributed by atoms with Gasteiger partial charge in [0.25, 0.3) is 0 Å². The van der Waals surface area contributed by atoms with E-state index < -0.39 is 0 Å². The van der Waals surface area contributed by atoms with Crippen LogP contribution in [0.15, 0.2) is 0 Å². The van der Waals surface area contributed by atoms with Gasteiger partial charge in [0.05, 0.1) is 11.3 Å². The van der Waals surface area contributed by atoms with E-state index in [1.807, 2.05) is 6.92 Å². The first-order valence-electron chi connectivity index (χ1n) is 4.97. The Balaban J connectivity index is 2.37. The second kappa shape index (κ2) is 3.79. The van der Waals surface area contributed by atoms with Gasteiger partial charge in [-0.25, -0.2) is 0 Å². The Hall–Kier alpha value is -0.740. The molecule has 76 valence electrons. The number of nitrogens with two attached hydrogens (primary N) is 1. The molecule has 0 spiro atoms. The van der Waals surface area contributed by atoms with Gasteiger partial charge in [-0.2, -0.15) is 4.37 Å². The lowest BCUT2D eigenvalue weighted by Gasteiger charge is -2.19. The van der Waals surface area contributed by atoms with Crippen LogP contribution in [-0.4, -0.2) is 16.7 Å². The Labute approximate surface area is 87.5 Å². The zero-order chi connectivity index (χ0) is 10.1. The van der Waals surface area contributed by atoms with E-state index in [-0.39, 0.29) is 5.78 Å². The van der Waals surface area contributed by atoms with Crippen molar-refractivity contribution in [2.45, 2.75) is 26.2 Å². The average Bonchev–Trinajstić information content (AvgIpc) is 2.61.